The molecule has 1 aliphatic rings. The number of thiophene rings is 1. The van der Waals surface area contributed by atoms with Gasteiger partial charge in [0.1, 0.15) is 0 Å². The highest BCUT2D eigenvalue weighted by molar-refractivity contribution is 8.00. The van der Waals surface area contributed by atoms with Crippen LogP contribution in [0.3, 0.4) is 0 Å². The smallest absolute Gasteiger partial charge is 0.0931 e. The highest BCUT2D eigenvalue weighted by atomic mass is 35.5. The van der Waals surface area contributed by atoms with Crippen molar-refractivity contribution in [3.05, 3.63) is 21.3 Å². The second-order valence-corrected chi connectivity index (χ2v) is 7.16. The molecular weight excluding hydrogens is 236 g/mol. The minimum atomic E-state index is -0.502. The summed E-state index contributed by atoms with van der Waals surface area (Å²) in [7, 11) is 0. The average molecular weight is 249 g/mol. The number of hydrogen-bond acceptors (Lipinski definition) is 3. The Kier molecular flexibility index (Phi) is 3.12. The number of rotatable bonds is 2. The maximum Gasteiger partial charge on any atom is 0.0931 e. The van der Waals surface area contributed by atoms with E-state index in [2.05, 4.69) is 6.92 Å². The summed E-state index contributed by atoms with van der Waals surface area (Å²) >= 11 is 9.27. The molecule has 2 rings (SSSR count). The SMILES string of the molecule is CC1CC(O)(Cc2ccc(Cl)s2)CS1. The van der Waals surface area contributed by atoms with Crippen molar-refractivity contribution in [3.63, 3.8) is 0 Å². The molecule has 2 atom stereocenters. The summed E-state index contributed by atoms with van der Waals surface area (Å²) in [6, 6.07) is 3.91. The van der Waals surface area contributed by atoms with Crippen molar-refractivity contribution in [1.29, 1.82) is 0 Å². The predicted molar refractivity (Wildman–Crippen MR) is 64.5 cm³/mol. The van der Waals surface area contributed by atoms with E-state index < -0.39 is 5.60 Å². The third-order valence-electron chi connectivity index (χ3n) is 2.44. The van der Waals surface area contributed by atoms with Crippen LogP contribution < -0.4 is 0 Å². The minimum absolute atomic E-state index is 0.502. The summed E-state index contributed by atoms with van der Waals surface area (Å²) in [4.78, 5) is 1.19. The van der Waals surface area contributed by atoms with E-state index in [9.17, 15) is 5.11 Å². The Morgan fingerprint density at radius 1 is 1.64 bits per heavy atom. The summed E-state index contributed by atoms with van der Waals surface area (Å²) in [5, 5.41) is 10.8. The van der Waals surface area contributed by atoms with Crippen molar-refractivity contribution < 1.29 is 5.11 Å². The largest absolute Gasteiger partial charge is 0.389 e. The van der Waals surface area contributed by atoms with Gasteiger partial charge in [0, 0.05) is 22.3 Å². The Bertz CT molecular complexity index is 326. The van der Waals surface area contributed by atoms with Crippen molar-refractivity contribution in [2.24, 2.45) is 0 Å². The predicted octanol–water partition coefficient (Wildman–Crippen LogP) is 3.20. The molecular formula is C10H13ClOS2. The lowest BCUT2D eigenvalue weighted by Gasteiger charge is -2.20. The van der Waals surface area contributed by atoms with Gasteiger partial charge in [0.05, 0.1) is 9.94 Å². The van der Waals surface area contributed by atoms with Gasteiger partial charge in [-0.25, -0.2) is 0 Å². The fourth-order valence-corrected chi connectivity index (χ4v) is 4.31. The van der Waals surface area contributed by atoms with Crippen molar-refractivity contribution in [2.75, 3.05) is 5.75 Å². The van der Waals surface area contributed by atoms with Gasteiger partial charge in [-0.05, 0) is 18.6 Å². The molecule has 14 heavy (non-hydrogen) atoms. The van der Waals surface area contributed by atoms with Crippen LogP contribution in [-0.4, -0.2) is 21.7 Å². The summed E-state index contributed by atoms with van der Waals surface area (Å²) in [6.07, 6.45) is 1.65. The molecule has 1 N–H and O–H groups in total. The Balaban J connectivity index is 2.03. The molecule has 0 aliphatic carbocycles. The zero-order valence-electron chi connectivity index (χ0n) is 8.00. The van der Waals surface area contributed by atoms with Crippen molar-refractivity contribution in [3.8, 4) is 0 Å². The maximum atomic E-state index is 10.3. The van der Waals surface area contributed by atoms with Gasteiger partial charge in [-0.1, -0.05) is 18.5 Å². The highest BCUT2D eigenvalue weighted by Crippen LogP contribution is 2.37. The Morgan fingerprint density at radius 2 is 2.43 bits per heavy atom. The van der Waals surface area contributed by atoms with Crippen LogP contribution in [0.4, 0.5) is 0 Å². The van der Waals surface area contributed by atoms with Crippen LogP contribution in [0.15, 0.2) is 12.1 Å². The molecule has 2 unspecified atom stereocenters. The molecule has 0 aromatic carbocycles. The van der Waals surface area contributed by atoms with E-state index in [1.165, 1.54) is 4.88 Å². The summed E-state index contributed by atoms with van der Waals surface area (Å²) in [6.45, 7) is 2.17. The normalized spacial score (nSPS) is 32.4. The molecule has 1 nitrogen and oxygen atoms in total. The standard InChI is InChI=1S/C10H13ClOS2/c1-7-4-10(12,6-13-7)5-8-2-3-9(11)14-8/h2-3,7,12H,4-6H2,1H3. The molecule has 1 fully saturated rings. The van der Waals surface area contributed by atoms with Gasteiger partial charge < -0.3 is 5.11 Å². The van der Waals surface area contributed by atoms with E-state index >= 15 is 0 Å². The molecule has 0 radical (unpaired) electrons. The quantitative estimate of drug-likeness (QED) is 0.868. The van der Waals surface area contributed by atoms with Gasteiger partial charge in [-0.15, -0.1) is 11.3 Å². The molecule has 0 bridgehead atoms. The highest BCUT2D eigenvalue weighted by Gasteiger charge is 2.36. The number of halogens is 1. The van der Waals surface area contributed by atoms with Crippen LogP contribution >= 0.6 is 34.7 Å². The topological polar surface area (TPSA) is 20.2 Å². The van der Waals surface area contributed by atoms with E-state index in [0.29, 0.717) is 5.25 Å². The molecule has 0 saturated carbocycles. The fraction of sp³-hybridized carbons (Fsp3) is 0.600. The first kappa shape index (κ1) is 10.8. The first-order valence-electron chi connectivity index (χ1n) is 4.66. The Morgan fingerprint density at radius 3 is 2.93 bits per heavy atom. The summed E-state index contributed by atoms with van der Waals surface area (Å²) in [5.74, 6) is 0.851. The molecule has 2 heterocycles. The second kappa shape index (κ2) is 4.05. The van der Waals surface area contributed by atoms with Gasteiger partial charge in [-0.2, -0.15) is 11.8 Å². The third-order valence-corrected chi connectivity index (χ3v) is 5.11. The first-order chi connectivity index (χ1) is 6.57. The Labute approximate surface area is 97.5 Å². The van der Waals surface area contributed by atoms with Crippen LogP contribution in [-0.2, 0) is 6.42 Å². The zero-order chi connectivity index (χ0) is 10.2. The van der Waals surface area contributed by atoms with Gasteiger partial charge in [0.25, 0.3) is 0 Å². The summed E-state index contributed by atoms with van der Waals surface area (Å²) in [5.41, 5.74) is -0.502. The molecule has 1 aromatic rings. The lowest BCUT2D eigenvalue weighted by atomic mass is 9.96. The van der Waals surface area contributed by atoms with E-state index in [1.807, 2.05) is 23.9 Å². The minimum Gasteiger partial charge on any atom is -0.389 e. The second-order valence-electron chi connectivity index (χ2n) is 3.93. The van der Waals surface area contributed by atoms with Crippen LogP contribution in [0.25, 0.3) is 0 Å². The molecule has 1 saturated heterocycles. The molecule has 1 aliphatic heterocycles. The van der Waals surface area contributed by atoms with Crippen molar-refractivity contribution in [2.45, 2.75) is 30.6 Å². The van der Waals surface area contributed by atoms with Crippen molar-refractivity contribution in [1.82, 2.24) is 0 Å². The fourth-order valence-electron chi connectivity index (χ4n) is 1.84. The van der Waals surface area contributed by atoms with Gasteiger partial charge >= 0.3 is 0 Å². The van der Waals surface area contributed by atoms with E-state index in [1.54, 1.807) is 11.3 Å². The number of thioether (sulfide) groups is 1. The van der Waals surface area contributed by atoms with E-state index in [-0.39, 0.29) is 0 Å². The maximum absolute atomic E-state index is 10.3. The lowest BCUT2D eigenvalue weighted by Crippen LogP contribution is -2.31. The molecule has 4 heteroatoms. The molecule has 1 aromatic heterocycles. The number of hydrogen-bond donors (Lipinski definition) is 1. The van der Waals surface area contributed by atoms with Gasteiger partial charge in [0.15, 0.2) is 0 Å². The third kappa shape index (κ3) is 2.45. The van der Waals surface area contributed by atoms with Crippen LogP contribution in [0.1, 0.15) is 18.2 Å². The number of aliphatic hydroxyl groups is 1. The molecule has 0 amide bonds. The van der Waals surface area contributed by atoms with Gasteiger partial charge in [0.2, 0.25) is 0 Å². The average Bonchev–Trinajstić information content (AvgIpc) is 2.60. The molecule has 0 spiro atoms. The van der Waals surface area contributed by atoms with Crippen molar-refractivity contribution >= 4 is 34.7 Å². The van der Waals surface area contributed by atoms with Gasteiger partial charge in [-0.3, -0.25) is 0 Å². The van der Waals surface area contributed by atoms with Crippen LogP contribution in [0, 0.1) is 0 Å². The van der Waals surface area contributed by atoms with E-state index in [4.69, 9.17) is 11.6 Å². The molecule has 78 valence electrons. The lowest BCUT2D eigenvalue weighted by molar-refractivity contribution is 0.0651. The monoisotopic (exact) mass is 248 g/mol. The van der Waals surface area contributed by atoms with E-state index in [0.717, 1.165) is 22.9 Å². The Hall–Kier alpha value is 0.300. The zero-order valence-corrected chi connectivity index (χ0v) is 10.4. The first-order valence-corrected chi connectivity index (χ1v) is 6.90. The van der Waals surface area contributed by atoms with Crippen LogP contribution in [0.2, 0.25) is 4.34 Å². The van der Waals surface area contributed by atoms with Crippen LogP contribution in [0.5, 0.6) is 0 Å². The summed E-state index contributed by atoms with van der Waals surface area (Å²) < 4.78 is 0.808.